The van der Waals surface area contributed by atoms with Crippen LogP contribution < -0.4 is 5.32 Å². The second kappa shape index (κ2) is 7.75. The van der Waals surface area contributed by atoms with Crippen LogP contribution in [0.1, 0.15) is 40.0 Å². The lowest BCUT2D eigenvalue weighted by molar-refractivity contribution is -0.145. The molecule has 21 heavy (non-hydrogen) atoms. The van der Waals surface area contributed by atoms with Crippen molar-refractivity contribution in [3.63, 3.8) is 0 Å². The lowest BCUT2D eigenvalue weighted by Crippen LogP contribution is -2.48. The minimum atomic E-state index is -0.768. The van der Waals surface area contributed by atoms with Gasteiger partial charge in [-0.25, -0.2) is 0 Å². The smallest absolute Gasteiger partial charge is 0.306 e. The topological polar surface area (TPSA) is 89.9 Å². The van der Waals surface area contributed by atoms with Crippen molar-refractivity contribution in [3.05, 3.63) is 0 Å². The Morgan fingerprint density at radius 1 is 1.29 bits per heavy atom. The molecule has 6 nitrogen and oxygen atoms in total. The third-order valence-electron chi connectivity index (χ3n) is 4.16. The Bertz CT molecular complexity index is 357. The van der Waals surface area contributed by atoms with Gasteiger partial charge in [-0.2, -0.15) is 0 Å². The predicted octanol–water partition coefficient (Wildman–Crippen LogP) is 0.696. The molecule has 1 fully saturated rings. The molecule has 0 bridgehead atoms. The molecule has 1 heterocycles. The van der Waals surface area contributed by atoms with E-state index in [9.17, 15) is 9.59 Å². The van der Waals surface area contributed by atoms with Crippen LogP contribution in [-0.2, 0) is 9.59 Å². The standard InChI is InChI=1S/C15H28N2O4/c1-15(2,3)12(6-9-18)16-10-13(19)17-7-4-11(5-8-17)14(20)21/h11-12,16,18H,4-10H2,1-3H3,(H,20,21). The van der Waals surface area contributed by atoms with Crippen molar-refractivity contribution >= 4 is 11.9 Å². The van der Waals surface area contributed by atoms with Crippen LogP contribution in [0.5, 0.6) is 0 Å². The molecule has 1 unspecified atom stereocenters. The number of hydrogen-bond donors (Lipinski definition) is 3. The molecule has 6 heteroatoms. The molecule has 1 atom stereocenters. The maximum absolute atomic E-state index is 12.2. The first-order chi connectivity index (χ1) is 9.75. The molecule has 1 saturated heterocycles. The summed E-state index contributed by atoms with van der Waals surface area (Å²) in [6.45, 7) is 7.57. The average molecular weight is 300 g/mol. The van der Waals surface area contributed by atoms with Crippen molar-refractivity contribution in [2.45, 2.75) is 46.1 Å². The average Bonchev–Trinajstić information content (AvgIpc) is 2.42. The fraction of sp³-hybridized carbons (Fsp3) is 0.867. The van der Waals surface area contributed by atoms with E-state index >= 15 is 0 Å². The monoisotopic (exact) mass is 300 g/mol. The van der Waals surface area contributed by atoms with Crippen molar-refractivity contribution in [3.8, 4) is 0 Å². The number of aliphatic hydroxyl groups excluding tert-OH is 1. The van der Waals surface area contributed by atoms with Gasteiger partial charge in [-0.1, -0.05) is 20.8 Å². The molecule has 0 radical (unpaired) electrons. The number of carbonyl (C=O) groups excluding carboxylic acids is 1. The molecule has 0 saturated carbocycles. The molecule has 1 aliphatic rings. The summed E-state index contributed by atoms with van der Waals surface area (Å²) in [6.07, 6.45) is 1.67. The molecule has 0 aliphatic carbocycles. The molecule has 1 rings (SSSR count). The highest BCUT2D eigenvalue weighted by molar-refractivity contribution is 5.79. The zero-order valence-corrected chi connectivity index (χ0v) is 13.3. The highest BCUT2D eigenvalue weighted by Gasteiger charge is 2.28. The van der Waals surface area contributed by atoms with E-state index < -0.39 is 5.97 Å². The van der Waals surface area contributed by atoms with Gasteiger partial charge in [0.2, 0.25) is 5.91 Å². The van der Waals surface area contributed by atoms with Crippen LogP contribution in [0.2, 0.25) is 0 Å². The number of rotatable bonds is 6. The van der Waals surface area contributed by atoms with Gasteiger partial charge < -0.3 is 20.4 Å². The third kappa shape index (κ3) is 5.63. The van der Waals surface area contributed by atoms with Crippen LogP contribution in [0.25, 0.3) is 0 Å². The normalized spacial score (nSPS) is 18.6. The number of amides is 1. The number of aliphatic hydroxyl groups is 1. The molecule has 0 aromatic heterocycles. The number of nitrogens with one attached hydrogen (secondary N) is 1. The van der Waals surface area contributed by atoms with Crippen LogP contribution in [0.3, 0.4) is 0 Å². The van der Waals surface area contributed by atoms with Crippen LogP contribution in [0.15, 0.2) is 0 Å². The summed E-state index contributed by atoms with van der Waals surface area (Å²) in [5.41, 5.74) is -0.0285. The second-order valence-corrected chi connectivity index (χ2v) is 6.81. The van der Waals surface area contributed by atoms with Gasteiger partial charge in [-0.15, -0.1) is 0 Å². The fourth-order valence-corrected chi connectivity index (χ4v) is 2.67. The SMILES string of the molecule is CC(C)(C)C(CCO)NCC(=O)N1CCC(C(=O)O)CC1. The van der Waals surface area contributed by atoms with Crippen molar-refractivity contribution < 1.29 is 19.8 Å². The molecule has 3 N–H and O–H groups in total. The Labute approximate surface area is 126 Å². The first-order valence-electron chi connectivity index (χ1n) is 7.60. The molecular weight excluding hydrogens is 272 g/mol. The van der Waals surface area contributed by atoms with Gasteiger partial charge >= 0.3 is 5.97 Å². The number of carboxylic acid groups (broad SMARTS) is 1. The number of piperidine rings is 1. The van der Waals surface area contributed by atoms with Crippen LogP contribution in [-0.4, -0.2) is 59.3 Å². The van der Waals surface area contributed by atoms with Crippen molar-refractivity contribution in [1.82, 2.24) is 10.2 Å². The summed E-state index contributed by atoms with van der Waals surface area (Å²) in [5.74, 6) is -1.08. The van der Waals surface area contributed by atoms with Gasteiger partial charge in [0, 0.05) is 25.7 Å². The highest BCUT2D eigenvalue weighted by Crippen LogP contribution is 2.22. The Hall–Kier alpha value is -1.14. The lowest BCUT2D eigenvalue weighted by Gasteiger charge is -2.33. The Balaban J connectivity index is 2.41. The number of nitrogens with zero attached hydrogens (tertiary/aromatic N) is 1. The number of carboxylic acids is 1. The molecule has 1 aliphatic heterocycles. The van der Waals surface area contributed by atoms with Gasteiger partial charge in [0.15, 0.2) is 0 Å². The largest absolute Gasteiger partial charge is 0.481 e. The van der Waals surface area contributed by atoms with Gasteiger partial charge in [0.05, 0.1) is 12.5 Å². The first kappa shape index (κ1) is 17.9. The number of hydrogen-bond acceptors (Lipinski definition) is 4. The quantitative estimate of drug-likeness (QED) is 0.672. The zero-order chi connectivity index (χ0) is 16.0. The highest BCUT2D eigenvalue weighted by atomic mass is 16.4. The van der Waals surface area contributed by atoms with E-state index in [1.165, 1.54) is 0 Å². The maximum atomic E-state index is 12.2. The van der Waals surface area contributed by atoms with Gasteiger partial charge in [-0.3, -0.25) is 9.59 Å². The van der Waals surface area contributed by atoms with Gasteiger partial charge in [0.1, 0.15) is 0 Å². The summed E-state index contributed by atoms with van der Waals surface area (Å²) in [7, 11) is 0. The Morgan fingerprint density at radius 2 is 1.86 bits per heavy atom. The van der Waals surface area contributed by atoms with Crippen molar-refractivity contribution in [1.29, 1.82) is 0 Å². The number of aliphatic carboxylic acids is 1. The molecule has 1 amide bonds. The minimum Gasteiger partial charge on any atom is -0.481 e. The molecule has 0 aromatic rings. The molecule has 0 aromatic carbocycles. The number of carbonyl (C=O) groups is 2. The summed E-state index contributed by atoms with van der Waals surface area (Å²) in [5, 5.41) is 21.3. The fourth-order valence-electron chi connectivity index (χ4n) is 2.67. The van der Waals surface area contributed by atoms with E-state index in [0.717, 1.165) is 0 Å². The van der Waals surface area contributed by atoms with E-state index in [4.69, 9.17) is 10.2 Å². The van der Waals surface area contributed by atoms with E-state index in [2.05, 4.69) is 26.1 Å². The summed E-state index contributed by atoms with van der Waals surface area (Å²) in [6, 6.07) is 0.0722. The summed E-state index contributed by atoms with van der Waals surface area (Å²) >= 11 is 0. The minimum absolute atomic E-state index is 0.00558. The van der Waals surface area contributed by atoms with E-state index in [-0.39, 0.29) is 36.4 Å². The molecule has 122 valence electrons. The summed E-state index contributed by atoms with van der Waals surface area (Å²) in [4.78, 5) is 24.8. The van der Waals surface area contributed by atoms with Crippen LogP contribution in [0, 0.1) is 11.3 Å². The maximum Gasteiger partial charge on any atom is 0.306 e. The van der Waals surface area contributed by atoms with E-state index in [1.807, 2.05) is 0 Å². The Morgan fingerprint density at radius 3 is 2.29 bits per heavy atom. The Kier molecular flexibility index (Phi) is 6.61. The van der Waals surface area contributed by atoms with Crippen LogP contribution >= 0.6 is 0 Å². The number of likely N-dealkylation sites (tertiary alicyclic amines) is 1. The van der Waals surface area contributed by atoms with Crippen LogP contribution in [0.4, 0.5) is 0 Å². The summed E-state index contributed by atoms with van der Waals surface area (Å²) < 4.78 is 0. The van der Waals surface area contributed by atoms with Crippen molar-refractivity contribution in [2.75, 3.05) is 26.2 Å². The van der Waals surface area contributed by atoms with Gasteiger partial charge in [0.25, 0.3) is 0 Å². The lowest BCUT2D eigenvalue weighted by atomic mass is 9.85. The zero-order valence-electron chi connectivity index (χ0n) is 13.3. The van der Waals surface area contributed by atoms with Crippen molar-refractivity contribution in [2.24, 2.45) is 11.3 Å². The first-order valence-corrected chi connectivity index (χ1v) is 7.60. The predicted molar refractivity (Wildman–Crippen MR) is 79.9 cm³/mol. The molecular formula is C15H28N2O4. The van der Waals surface area contributed by atoms with E-state index in [0.29, 0.717) is 32.4 Å². The molecule has 0 spiro atoms. The third-order valence-corrected chi connectivity index (χ3v) is 4.16. The van der Waals surface area contributed by atoms with E-state index in [1.54, 1.807) is 4.90 Å². The second-order valence-electron chi connectivity index (χ2n) is 6.81. The van der Waals surface area contributed by atoms with Gasteiger partial charge in [-0.05, 0) is 24.7 Å².